The lowest BCUT2D eigenvalue weighted by Gasteiger charge is -2.09. The number of carbonyl (C=O) groups is 1. The molecule has 1 aliphatic rings. The molecule has 1 amide bonds. The van der Waals surface area contributed by atoms with Gasteiger partial charge in [0.2, 0.25) is 0 Å². The number of nitrogens with one attached hydrogen (secondary N) is 1. The summed E-state index contributed by atoms with van der Waals surface area (Å²) in [7, 11) is 0. The maximum atomic E-state index is 12.0. The molecule has 0 bridgehead atoms. The van der Waals surface area contributed by atoms with Crippen LogP contribution in [0.15, 0.2) is 24.3 Å². The van der Waals surface area contributed by atoms with Crippen LogP contribution in [0.25, 0.3) is 0 Å². The normalized spacial score (nSPS) is 13.6. The number of nitrogens with zero attached hydrogens (tertiary/aromatic N) is 3. The van der Waals surface area contributed by atoms with Crippen molar-refractivity contribution in [1.82, 2.24) is 20.1 Å². The van der Waals surface area contributed by atoms with E-state index in [4.69, 9.17) is 9.47 Å². The van der Waals surface area contributed by atoms with E-state index in [1.54, 1.807) is 12.1 Å². The first-order valence-corrected chi connectivity index (χ1v) is 8.79. The summed E-state index contributed by atoms with van der Waals surface area (Å²) in [5.41, 5.74) is 0. The predicted octanol–water partition coefficient (Wildman–Crippen LogP) is 2.10. The third kappa shape index (κ3) is 4.71. The number of aryl methyl sites for hydroxylation is 1. The van der Waals surface area contributed by atoms with Gasteiger partial charge in [0.1, 0.15) is 17.3 Å². The van der Waals surface area contributed by atoms with Crippen LogP contribution in [0.1, 0.15) is 37.8 Å². The van der Waals surface area contributed by atoms with E-state index in [0.717, 1.165) is 43.2 Å². The van der Waals surface area contributed by atoms with Crippen LogP contribution in [0.5, 0.6) is 11.5 Å². The Kier molecular flexibility index (Phi) is 5.87. The molecule has 0 spiro atoms. The van der Waals surface area contributed by atoms with E-state index in [2.05, 4.69) is 20.1 Å². The number of hydrogen-bond donors (Lipinski definition) is 1. The quantitative estimate of drug-likeness (QED) is 0.832. The lowest BCUT2D eigenvalue weighted by molar-refractivity contribution is -0.123. The zero-order valence-electron chi connectivity index (χ0n) is 14.5. The van der Waals surface area contributed by atoms with Crippen molar-refractivity contribution in [2.75, 3.05) is 13.2 Å². The highest BCUT2D eigenvalue weighted by Gasteiger charge is 2.15. The van der Waals surface area contributed by atoms with Gasteiger partial charge in [0, 0.05) is 13.0 Å². The molecule has 0 atom stereocenters. The van der Waals surface area contributed by atoms with Crippen LogP contribution in [0.4, 0.5) is 0 Å². The summed E-state index contributed by atoms with van der Waals surface area (Å²) < 4.78 is 13.0. The summed E-state index contributed by atoms with van der Waals surface area (Å²) in [5, 5.41) is 11.3. The van der Waals surface area contributed by atoms with Gasteiger partial charge in [-0.25, -0.2) is 0 Å². The molecule has 1 aromatic carbocycles. The van der Waals surface area contributed by atoms with Crippen molar-refractivity contribution in [3.05, 3.63) is 35.9 Å². The van der Waals surface area contributed by atoms with Crippen molar-refractivity contribution < 1.29 is 14.3 Å². The standard InChI is InChI=1S/C18H24N4O3/c1-2-24-14-7-9-15(10-8-14)25-13-18(23)19-12-17-21-20-16-6-4-3-5-11-22(16)17/h7-10H,2-6,11-13H2,1H3,(H,19,23). The van der Waals surface area contributed by atoms with Gasteiger partial charge in [-0.05, 0) is 44.0 Å². The minimum Gasteiger partial charge on any atom is -0.494 e. The van der Waals surface area contributed by atoms with Gasteiger partial charge in [-0.3, -0.25) is 4.79 Å². The summed E-state index contributed by atoms with van der Waals surface area (Å²) in [6, 6.07) is 7.22. The summed E-state index contributed by atoms with van der Waals surface area (Å²) in [6.45, 7) is 3.82. The Hall–Kier alpha value is -2.57. The topological polar surface area (TPSA) is 78.3 Å². The number of ether oxygens (including phenoxy) is 2. The van der Waals surface area contributed by atoms with Gasteiger partial charge in [0.25, 0.3) is 5.91 Å². The number of benzene rings is 1. The second-order valence-corrected chi connectivity index (χ2v) is 5.96. The van der Waals surface area contributed by atoms with Crippen LogP contribution in [-0.2, 0) is 24.3 Å². The van der Waals surface area contributed by atoms with E-state index < -0.39 is 0 Å². The number of amides is 1. The monoisotopic (exact) mass is 344 g/mol. The van der Waals surface area contributed by atoms with Gasteiger partial charge in [0.05, 0.1) is 13.2 Å². The third-order valence-corrected chi connectivity index (χ3v) is 4.13. The molecule has 1 aromatic heterocycles. The van der Waals surface area contributed by atoms with Crippen LogP contribution in [0.2, 0.25) is 0 Å². The Morgan fingerprint density at radius 2 is 1.88 bits per heavy atom. The van der Waals surface area contributed by atoms with Crippen molar-refractivity contribution in [1.29, 1.82) is 0 Å². The Balaban J connectivity index is 1.46. The molecule has 7 heteroatoms. The summed E-state index contributed by atoms with van der Waals surface area (Å²) in [4.78, 5) is 12.0. The van der Waals surface area contributed by atoms with Gasteiger partial charge >= 0.3 is 0 Å². The molecule has 7 nitrogen and oxygen atoms in total. The lowest BCUT2D eigenvalue weighted by Crippen LogP contribution is -2.29. The molecular weight excluding hydrogens is 320 g/mol. The fourth-order valence-electron chi connectivity index (χ4n) is 2.85. The minimum absolute atomic E-state index is 0.0328. The molecule has 3 rings (SSSR count). The zero-order valence-corrected chi connectivity index (χ0v) is 14.5. The highest BCUT2D eigenvalue weighted by Crippen LogP contribution is 2.17. The van der Waals surface area contributed by atoms with Gasteiger partial charge < -0.3 is 19.4 Å². The molecule has 25 heavy (non-hydrogen) atoms. The average Bonchev–Trinajstić information content (AvgIpc) is 2.86. The summed E-state index contributed by atoms with van der Waals surface area (Å²) >= 11 is 0. The van der Waals surface area contributed by atoms with Crippen LogP contribution in [0, 0.1) is 0 Å². The predicted molar refractivity (Wildman–Crippen MR) is 92.5 cm³/mol. The second-order valence-electron chi connectivity index (χ2n) is 5.96. The minimum atomic E-state index is -0.181. The molecule has 2 aromatic rings. The van der Waals surface area contributed by atoms with Crippen molar-refractivity contribution in [2.45, 2.75) is 45.7 Å². The van der Waals surface area contributed by atoms with E-state index in [9.17, 15) is 4.79 Å². The Morgan fingerprint density at radius 3 is 2.64 bits per heavy atom. The van der Waals surface area contributed by atoms with E-state index in [1.165, 1.54) is 6.42 Å². The highest BCUT2D eigenvalue weighted by atomic mass is 16.5. The number of carbonyl (C=O) groups excluding carboxylic acids is 1. The largest absolute Gasteiger partial charge is 0.494 e. The molecule has 1 N–H and O–H groups in total. The summed E-state index contributed by atoms with van der Waals surface area (Å²) in [5.74, 6) is 3.07. The third-order valence-electron chi connectivity index (χ3n) is 4.13. The van der Waals surface area contributed by atoms with Gasteiger partial charge in [-0.15, -0.1) is 10.2 Å². The number of hydrogen-bond acceptors (Lipinski definition) is 5. The first-order valence-electron chi connectivity index (χ1n) is 8.79. The van der Waals surface area contributed by atoms with Crippen molar-refractivity contribution in [2.24, 2.45) is 0 Å². The smallest absolute Gasteiger partial charge is 0.258 e. The first kappa shape index (κ1) is 17.3. The number of fused-ring (bicyclic) bond motifs is 1. The van der Waals surface area contributed by atoms with E-state index in [-0.39, 0.29) is 12.5 Å². The Morgan fingerprint density at radius 1 is 1.12 bits per heavy atom. The van der Waals surface area contributed by atoms with E-state index in [0.29, 0.717) is 18.9 Å². The van der Waals surface area contributed by atoms with Crippen LogP contribution in [-0.4, -0.2) is 33.9 Å². The molecule has 0 fully saturated rings. The van der Waals surface area contributed by atoms with Crippen molar-refractivity contribution >= 4 is 5.91 Å². The first-order chi connectivity index (χ1) is 12.3. The Bertz CT molecular complexity index is 697. The highest BCUT2D eigenvalue weighted by molar-refractivity contribution is 5.77. The van der Waals surface area contributed by atoms with Gasteiger partial charge in [-0.2, -0.15) is 0 Å². The van der Waals surface area contributed by atoms with Gasteiger partial charge in [0.15, 0.2) is 12.4 Å². The fraction of sp³-hybridized carbons (Fsp3) is 0.500. The van der Waals surface area contributed by atoms with Crippen LogP contribution < -0.4 is 14.8 Å². The maximum absolute atomic E-state index is 12.0. The fourth-order valence-corrected chi connectivity index (χ4v) is 2.85. The Labute approximate surface area is 147 Å². The van der Waals surface area contributed by atoms with E-state index in [1.807, 2.05) is 19.1 Å². The maximum Gasteiger partial charge on any atom is 0.258 e. The average molecular weight is 344 g/mol. The molecule has 1 aliphatic heterocycles. The molecule has 2 heterocycles. The van der Waals surface area contributed by atoms with Crippen LogP contribution >= 0.6 is 0 Å². The van der Waals surface area contributed by atoms with Crippen molar-refractivity contribution in [3.63, 3.8) is 0 Å². The summed E-state index contributed by atoms with van der Waals surface area (Å²) in [6.07, 6.45) is 4.46. The van der Waals surface area contributed by atoms with E-state index >= 15 is 0 Å². The van der Waals surface area contributed by atoms with Gasteiger partial charge in [-0.1, -0.05) is 6.42 Å². The van der Waals surface area contributed by atoms with Crippen molar-refractivity contribution in [3.8, 4) is 11.5 Å². The molecule has 0 radical (unpaired) electrons. The van der Waals surface area contributed by atoms with Crippen LogP contribution in [0.3, 0.4) is 0 Å². The molecule has 0 saturated heterocycles. The number of aromatic nitrogens is 3. The molecule has 0 unspecified atom stereocenters. The second kappa shape index (κ2) is 8.50. The molecular formula is C18H24N4O3. The molecule has 0 aliphatic carbocycles. The SMILES string of the molecule is CCOc1ccc(OCC(=O)NCc2nnc3n2CCCCC3)cc1. The zero-order chi connectivity index (χ0) is 17.5. The lowest BCUT2D eigenvalue weighted by atomic mass is 10.2. The molecule has 134 valence electrons. The molecule has 0 saturated carbocycles. The number of rotatable bonds is 7.